The zero-order valence-electron chi connectivity index (χ0n) is 33.5. The van der Waals surface area contributed by atoms with Gasteiger partial charge < -0.3 is 33.2 Å². The van der Waals surface area contributed by atoms with E-state index in [1.54, 1.807) is 41.5 Å². The number of carbonyl (C=O) groups is 8. The Bertz CT molecular complexity index is 1570. The van der Waals surface area contributed by atoms with E-state index in [2.05, 4.69) is 31.9 Å². The number of amides is 4. The fraction of sp³-hybridized carbons (Fsp3) is 0.684. The van der Waals surface area contributed by atoms with Gasteiger partial charge in [0.15, 0.2) is 0 Å². The second kappa shape index (κ2) is 20.0. The summed E-state index contributed by atoms with van der Waals surface area (Å²) in [4.78, 5) is 99.7. The van der Waals surface area contributed by atoms with Crippen molar-refractivity contribution in [3.63, 3.8) is 0 Å². The highest BCUT2D eigenvalue weighted by molar-refractivity contribution is 9.10. The van der Waals surface area contributed by atoms with E-state index in [-0.39, 0.29) is 89.6 Å². The predicted octanol–water partition coefficient (Wildman–Crippen LogP) is 2.44. The summed E-state index contributed by atoms with van der Waals surface area (Å²) in [5.74, 6) is -4.48. The van der Waals surface area contributed by atoms with Crippen molar-refractivity contribution in [2.24, 2.45) is 22.7 Å². The zero-order valence-corrected chi connectivity index (χ0v) is 36.6. The number of esters is 4. The van der Waals surface area contributed by atoms with Crippen LogP contribution >= 0.6 is 31.9 Å². The molecule has 0 aromatic heterocycles. The third kappa shape index (κ3) is 12.3. The maximum absolute atomic E-state index is 12.6. The van der Waals surface area contributed by atoms with Crippen LogP contribution in [0.4, 0.5) is 0 Å². The third-order valence-corrected chi connectivity index (χ3v) is 10.8. The molecule has 0 N–H and O–H groups in total. The van der Waals surface area contributed by atoms with Crippen LogP contribution in [0.2, 0.25) is 0 Å². The molecule has 0 aliphatic carbocycles. The first kappa shape index (κ1) is 47.9. The summed E-state index contributed by atoms with van der Waals surface area (Å²) in [6.07, 6.45) is 5.54. The first-order valence-electron chi connectivity index (χ1n) is 18.3. The minimum Gasteiger partial charge on any atom is -0.463 e. The van der Waals surface area contributed by atoms with Crippen molar-refractivity contribution in [1.29, 1.82) is 0 Å². The van der Waals surface area contributed by atoms with Crippen LogP contribution in [-0.4, -0.2) is 145 Å². The quantitative estimate of drug-likeness (QED) is 0.0429. The zero-order chi connectivity index (χ0) is 42.9. The highest BCUT2D eigenvalue weighted by Crippen LogP contribution is 2.45. The monoisotopic (exact) mass is 934 g/mol. The first-order valence-corrected chi connectivity index (χ1v) is 19.9. The van der Waals surface area contributed by atoms with Gasteiger partial charge >= 0.3 is 23.9 Å². The first-order chi connectivity index (χ1) is 26.5. The van der Waals surface area contributed by atoms with Crippen molar-refractivity contribution in [3.05, 3.63) is 24.3 Å². The molecule has 0 aromatic carbocycles. The Labute approximate surface area is 348 Å². The van der Waals surface area contributed by atoms with E-state index < -0.39 is 67.0 Å². The van der Waals surface area contributed by atoms with Gasteiger partial charge in [0.05, 0.1) is 61.2 Å². The van der Waals surface area contributed by atoms with E-state index in [1.807, 2.05) is 12.2 Å². The van der Waals surface area contributed by atoms with Gasteiger partial charge in [-0.1, -0.05) is 44.0 Å². The van der Waals surface area contributed by atoms with Crippen LogP contribution in [0.3, 0.4) is 0 Å². The SMILES string of the molecule is COCCOC(=O)C(C)(Br)CC(C)(C)C(=O)OCCN1C(=O)C=CC1=O.COCCOC(=O)C(C)(Br)CC(C)(C)C(=O)OCCN1C(=O)[C@@H]2[C@H](C1=O)[C@H]1C=C[C@@H]2O1. The Balaban J connectivity index is 0.000000311. The lowest BCUT2D eigenvalue weighted by Gasteiger charge is -2.30. The Kier molecular flexibility index (Phi) is 16.8. The van der Waals surface area contributed by atoms with Gasteiger partial charge in [-0.05, 0) is 54.4 Å². The van der Waals surface area contributed by atoms with E-state index in [0.29, 0.717) is 0 Å². The molecule has 19 heteroatoms. The van der Waals surface area contributed by atoms with E-state index in [1.165, 1.54) is 26.4 Å². The maximum Gasteiger partial charge on any atom is 0.322 e. The van der Waals surface area contributed by atoms with Crippen LogP contribution in [0.5, 0.6) is 0 Å². The Morgan fingerprint density at radius 2 is 0.930 bits per heavy atom. The molecule has 6 atom stereocenters. The van der Waals surface area contributed by atoms with Gasteiger partial charge in [0.2, 0.25) is 11.8 Å². The van der Waals surface area contributed by atoms with E-state index >= 15 is 0 Å². The second-order valence-electron chi connectivity index (χ2n) is 15.5. The van der Waals surface area contributed by atoms with Gasteiger partial charge in [-0.15, -0.1) is 0 Å². The lowest BCUT2D eigenvalue weighted by molar-refractivity contribution is -0.159. The summed E-state index contributed by atoms with van der Waals surface area (Å²) in [6.45, 7) is 10.4. The van der Waals surface area contributed by atoms with Crippen LogP contribution < -0.4 is 0 Å². The lowest BCUT2D eigenvalue weighted by Crippen LogP contribution is -2.41. The van der Waals surface area contributed by atoms with Crippen LogP contribution in [0.25, 0.3) is 0 Å². The number of hydrogen-bond acceptors (Lipinski definition) is 15. The molecular weight excluding hydrogens is 884 g/mol. The number of alkyl halides is 2. The summed E-state index contributed by atoms with van der Waals surface area (Å²) in [5.41, 5.74) is -2.00. The summed E-state index contributed by atoms with van der Waals surface area (Å²) in [6, 6.07) is 0. The molecule has 17 nitrogen and oxygen atoms in total. The summed E-state index contributed by atoms with van der Waals surface area (Å²) in [7, 11) is 3.00. The fourth-order valence-corrected chi connectivity index (χ4v) is 8.40. The number of halogens is 2. The molecule has 0 aromatic rings. The number of methoxy groups -OCH3 is 2. The molecule has 0 spiro atoms. The average Bonchev–Trinajstić information content (AvgIpc) is 3.88. The van der Waals surface area contributed by atoms with E-state index in [9.17, 15) is 38.4 Å². The number of ether oxygens (including phenoxy) is 7. The maximum atomic E-state index is 12.6. The number of rotatable bonds is 20. The van der Waals surface area contributed by atoms with E-state index in [4.69, 9.17) is 33.2 Å². The minimum absolute atomic E-state index is 0.00341. The molecule has 4 aliphatic rings. The normalized spacial score (nSPS) is 23.1. The van der Waals surface area contributed by atoms with Gasteiger partial charge in [0.1, 0.15) is 35.1 Å². The predicted molar refractivity (Wildman–Crippen MR) is 206 cm³/mol. The number of carbonyl (C=O) groups excluding carboxylic acids is 8. The van der Waals surface area contributed by atoms with Crippen LogP contribution in [0, 0.1) is 22.7 Å². The second-order valence-corrected chi connectivity index (χ2v) is 19.0. The smallest absolute Gasteiger partial charge is 0.322 e. The number of imide groups is 2. The molecule has 2 unspecified atom stereocenters. The third-order valence-electron chi connectivity index (χ3n) is 9.54. The number of nitrogens with zero attached hydrogens (tertiary/aromatic N) is 2. The van der Waals surface area contributed by atoms with Crippen molar-refractivity contribution in [1.82, 2.24) is 9.80 Å². The minimum atomic E-state index is -1.09. The molecule has 57 heavy (non-hydrogen) atoms. The Morgan fingerprint density at radius 3 is 1.30 bits per heavy atom. The fourth-order valence-electron chi connectivity index (χ4n) is 6.77. The molecule has 0 saturated carbocycles. The molecule has 0 radical (unpaired) electrons. The molecule has 4 heterocycles. The molecule has 318 valence electrons. The van der Waals surface area contributed by atoms with Gasteiger partial charge in [0, 0.05) is 26.4 Å². The standard InChI is InChI=1S/C21H28BrNO8.C17H24BrNO7/c1-20(2,11-21(3,22)19(27)30-10-9-28-4)18(26)29-8-7-23-16(24)14-12-5-6-13(31-12)15(14)17(23)25;1-16(2,11-17(3,18)15(23)26-10-9-24-4)14(22)25-8-7-19-12(20)5-6-13(19)21/h5-6,12-15H,7-11H2,1-4H3;5-6H,7-11H2,1-4H3/t12-,13+,14-,15+,21?;. The van der Waals surface area contributed by atoms with Crippen molar-refractivity contribution in [3.8, 4) is 0 Å². The average molecular weight is 937 g/mol. The van der Waals surface area contributed by atoms with Gasteiger partial charge in [-0.2, -0.15) is 0 Å². The molecule has 4 amide bonds. The van der Waals surface area contributed by atoms with Gasteiger partial charge in [-0.25, -0.2) is 0 Å². The highest BCUT2D eigenvalue weighted by Gasteiger charge is 2.60. The van der Waals surface area contributed by atoms with Crippen molar-refractivity contribution in [2.45, 2.75) is 75.2 Å². The summed E-state index contributed by atoms with van der Waals surface area (Å²) < 4.78 is 33.9. The summed E-state index contributed by atoms with van der Waals surface area (Å²) >= 11 is 6.66. The number of fused-ring (bicyclic) bond motifs is 5. The van der Waals surface area contributed by atoms with Crippen molar-refractivity contribution in [2.75, 3.05) is 67.0 Å². The summed E-state index contributed by atoms with van der Waals surface area (Å²) in [5, 5.41) is 0. The molecular formula is C38H52Br2N2O15. The lowest BCUT2D eigenvalue weighted by atomic mass is 9.83. The van der Waals surface area contributed by atoms with Crippen LogP contribution in [0.1, 0.15) is 54.4 Å². The number of hydrogen-bond donors (Lipinski definition) is 0. The van der Waals surface area contributed by atoms with Gasteiger partial charge in [-0.3, -0.25) is 48.2 Å². The largest absolute Gasteiger partial charge is 0.463 e. The van der Waals surface area contributed by atoms with Crippen molar-refractivity contribution >= 4 is 79.4 Å². The van der Waals surface area contributed by atoms with Gasteiger partial charge in [0.25, 0.3) is 11.8 Å². The Hall–Kier alpha value is -3.52. The highest BCUT2D eigenvalue weighted by atomic mass is 79.9. The van der Waals surface area contributed by atoms with E-state index in [0.717, 1.165) is 9.80 Å². The molecule has 2 bridgehead atoms. The Morgan fingerprint density at radius 1 is 0.579 bits per heavy atom. The topological polar surface area (TPSA) is 208 Å². The molecule has 2 fully saturated rings. The van der Waals surface area contributed by atoms with Crippen LogP contribution in [0.15, 0.2) is 24.3 Å². The number of likely N-dealkylation sites (tertiary alicyclic amines) is 1. The molecule has 2 saturated heterocycles. The molecule has 4 rings (SSSR count). The van der Waals surface area contributed by atoms with Crippen LogP contribution in [-0.2, 0) is 71.5 Å². The molecule has 4 aliphatic heterocycles. The van der Waals surface area contributed by atoms with Crippen molar-refractivity contribution < 1.29 is 71.5 Å².